The van der Waals surface area contributed by atoms with Crippen molar-refractivity contribution in [2.75, 3.05) is 13.9 Å². The Hall–Kier alpha value is -4.46. The van der Waals surface area contributed by atoms with Gasteiger partial charge in [0.25, 0.3) is 5.91 Å². The maximum absolute atomic E-state index is 13.6. The van der Waals surface area contributed by atoms with Gasteiger partial charge in [0.2, 0.25) is 12.6 Å². The van der Waals surface area contributed by atoms with Crippen LogP contribution >= 0.6 is 0 Å². The third kappa shape index (κ3) is 2.99. The Morgan fingerprint density at radius 2 is 1.85 bits per heavy atom. The van der Waals surface area contributed by atoms with Crippen molar-refractivity contribution in [2.24, 2.45) is 0 Å². The van der Waals surface area contributed by atoms with Gasteiger partial charge in [-0.3, -0.25) is 9.59 Å². The number of hydrogen-bond donors (Lipinski definition) is 1. The Kier molecular flexibility index (Phi) is 4.48. The molecule has 0 unspecified atom stereocenters. The van der Waals surface area contributed by atoms with Crippen molar-refractivity contribution in [2.45, 2.75) is 12.6 Å². The molecule has 0 saturated heterocycles. The van der Waals surface area contributed by atoms with Gasteiger partial charge in [-0.1, -0.05) is 24.3 Å². The van der Waals surface area contributed by atoms with Crippen LogP contribution in [-0.2, 0) is 6.54 Å². The molecule has 0 radical (unpaired) electrons. The maximum Gasteiger partial charge on any atom is 0.291 e. The van der Waals surface area contributed by atoms with Crippen LogP contribution in [0.1, 0.15) is 33.3 Å². The van der Waals surface area contributed by atoms with Crippen molar-refractivity contribution in [3.05, 3.63) is 93.3 Å². The van der Waals surface area contributed by atoms with Crippen LogP contribution in [0.25, 0.3) is 11.0 Å². The summed E-state index contributed by atoms with van der Waals surface area (Å²) in [5.41, 5.74) is 1.77. The summed E-state index contributed by atoms with van der Waals surface area (Å²) in [7, 11) is 1.44. The van der Waals surface area contributed by atoms with Crippen LogP contribution in [-0.4, -0.2) is 29.8 Å². The first kappa shape index (κ1) is 20.2. The van der Waals surface area contributed by atoms with E-state index in [0.717, 1.165) is 5.56 Å². The fraction of sp³-hybridized carbons (Fsp3) is 0.154. The number of phenols is 1. The second-order valence-electron chi connectivity index (χ2n) is 8.12. The van der Waals surface area contributed by atoms with Crippen molar-refractivity contribution < 1.29 is 28.5 Å². The molecule has 0 spiro atoms. The van der Waals surface area contributed by atoms with E-state index in [0.29, 0.717) is 28.0 Å². The number of benzene rings is 3. The van der Waals surface area contributed by atoms with Gasteiger partial charge in [0, 0.05) is 6.54 Å². The summed E-state index contributed by atoms with van der Waals surface area (Å²) >= 11 is 0. The lowest BCUT2D eigenvalue weighted by molar-refractivity contribution is 0.0714. The summed E-state index contributed by atoms with van der Waals surface area (Å²) in [4.78, 5) is 28.7. The number of phenolic OH excluding ortho intramolecular Hbond substituents is 1. The van der Waals surface area contributed by atoms with Gasteiger partial charge in [-0.25, -0.2) is 0 Å². The first-order chi connectivity index (χ1) is 16.5. The number of hydrogen-bond acceptors (Lipinski definition) is 7. The highest BCUT2D eigenvalue weighted by molar-refractivity contribution is 5.99. The Balaban J connectivity index is 1.53. The number of nitrogens with zero attached hydrogens (tertiary/aromatic N) is 1. The molecule has 3 aromatic carbocycles. The largest absolute Gasteiger partial charge is 0.504 e. The molecule has 170 valence electrons. The molecule has 0 aliphatic carbocycles. The highest BCUT2D eigenvalue weighted by Gasteiger charge is 2.43. The van der Waals surface area contributed by atoms with E-state index in [4.69, 9.17) is 18.6 Å². The highest BCUT2D eigenvalue weighted by Crippen LogP contribution is 2.42. The Morgan fingerprint density at radius 1 is 1.03 bits per heavy atom. The second kappa shape index (κ2) is 7.55. The van der Waals surface area contributed by atoms with Crippen LogP contribution in [0.2, 0.25) is 0 Å². The van der Waals surface area contributed by atoms with Gasteiger partial charge in [-0.15, -0.1) is 0 Å². The predicted octanol–water partition coefficient (Wildman–Crippen LogP) is 3.98. The minimum absolute atomic E-state index is 0.0153. The molecule has 1 amide bonds. The van der Waals surface area contributed by atoms with Crippen LogP contribution in [0.5, 0.6) is 23.0 Å². The van der Waals surface area contributed by atoms with E-state index in [2.05, 4.69) is 0 Å². The third-order valence-corrected chi connectivity index (χ3v) is 6.18. The van der Waals surface area contributed by atoms with Crippen LogP contribution in [0, 0.1) is 0 Å². The molecule has 1 N–H and O–H groups in total. The summed E-state index contributed by atoms with van der Waals surface area (Å²) in [5, 5.41) is 10.5. The van der Waals surface area contributed by atoms with E-state index >= 15 is 0 Å². The van der Waals surface area contributed by atoms with E-state index in [-0.39, 0.29) is 41.6 Å². The highest BCUT2D eigenvalue weighted by atomic mass is 16.7. The molecule has 8 heteroatoms. The molecular formula is C26H19NO7. The number of fused-ring (bicyclic) bond motifs is 3. The van der Waals surface area contributed by atoms with E-state index in [1.54, 1.807) is 47.4 Å². The molecule has 0 fully saturated rings. The molecular weight excluding hydrogens is 438 g/mol. The van der Waals surface area contributed by atoms with E-state index < -0.39 is 11.9 Å². The number of carbonyl (C=O) groups is 1. The lowest BCUT2D eigenvalue weighted by atomic mass is 9.97. The number of amides is 1. The standard InChI is InChI=1S/C26H19NO7/c1-31-20-11-15(7-8-17(20)28)23-22-24(29)16-4-2-3-5-18(16)34-25(22)26(30)27(23)12-14-6-9-19-21(10-14)33-13-32-19/h2-11,23,28H,12-13H2,1H3/t23-/m0/s1. The number of carbonyl (C=O) groups excluding carboxylic acids is 1. The van der Waals surface area contributed by atoms with Crippen LogP contribution < -0.4 is 19.6 Å². The van der Waals surface area contributed by atoms with Crippen LogP contribution in [0.3, 0.4) is 0 Å². The van der Waals surface area contributed by atoms with Crippen molar-refractivity contribution in [1.82, 2.24) is 4.90 Å². The van der Waals surface area contributed by atoms with Gasteiger partial charge >= 0.3 is 0 Å². The minimum atomic E-state index is -0.733. The van der Waals surface area contributed by atoms with Crippen molar-refractivity contribution in [1.29, 1.82) is 0 Å². The summed E-state index contributed by atoms with van der Waals surface area (Å²) < 4.78 is 22.1. The van der Waals surface area contributed by atoms with Gasteiger partial charge in [-0.05, 0) is 47.5 Å². The molecule has 2 aliphatic heterocycles. The van der Waals surface area contributed by atoms with E-state index in [1.807, 2.05) is 12.1 Å². The van der Waals surface area contributed by atoms with Crippen molar-refractivity contribution in [3.8, 4) is 23.0 Å². The van der Waals surface area contributed by atoms with Gasteiger partial charge in [0.15, 0.2) is 28.4 Å². The molecule has 34 heavy (non-hydrogen) atoms. The number of rotatable bonds is 4. The first-order valence-corrected chi connectivity index (χ1v) is 10.7. The third-order valence-electron chi connectivity index (χ3n) is 6.18. The lowest BCUT2D eigenvalue weighted by Crippen LogP contribution is -2.29. The minimum Gasteiger partial charge on any atom is -0.504 e. The molecule has 1 atom stereocenters. The van der Waals surface area contributed by atoms with Gasteiger partial charge in [0.1, 0.15) is 5.58 Å². The summed E-state index contributed by atoms with van der Waals surface area (Å²) in [5.74, 6) is 1.07. The second-order valence-corrected chi connectivity index (χ2v) is 8.12. The first-order valence-electron chi connectivity index (χ1n) is 10.7. The number of para-hydroxylation sites is 1. The molecule has 1 aromatic heterocycles. The zero-order valence-electron chi connectivity index (χ0n) is 18.1. The summed E-state index contributed by atoms with van der Waals surface area (Å²) in [6.45, 7) is 0.344. The molecule has 2 aliphatic rings. The monoisotopic (exact) mass is 457 g/mol. The average molecular weight is 457 g/mol. The summed E-state index contributed by atoms with van der Waals surface area (Å²) in [6, 6.07) is 16.4. The Morgan fingerprint density at radius 3 is 2.71 bits per heavy atom. The number of ether oxygens (including phenoxy) is 3. The molecule has 3 heterocycles. The lowest BCUT2D eigenvalue weighted by Gasteiger charge is -2.25. The Bertz CT molecular complexity index is 1520. The van der Waals surface area contributed by atoms with Crippen molar-refractivity contribution >= 4 is 16.9 Å². The molecule has 0 bridgehead atoms. The van der Waals surface area contributed by atoms with Crippen LogP contribution in [0.15, 0.2) is 69.9 Å². The van der Waals surface area contributed by atoms with Gasteiger partial charge in [0.05, 0.1) is 24.1 Å². The SMILES string of the molecule is COc1cc([C@H]2c3c(oc4ccccc4c3=O)C(=O)N2Cc2ccc3c(c2)OCO3)ccc1O. The fourth-order valence-electron chi connectivity index (χ4n) is 4.58. The molecule has 4 aromatic rings. The fourth-order valence-corrected chi connectivity index (χ4v) is 4.58. The number of methoxy groups -OCH3 is 1. The van der Waals surface area contributed by atoms with E-state index in [1.165, 1.54) is 13.2 Å². The maximum atomic E-state index is 13.6. The molecule has 8 nitrogen and oxygen atoms in total. The topological polar surface area (TPSA) is 98.4 Å². The zero-order valence-corrected chi connectivity index (χ0v) is 18.1. The quantitative estimate of drug-likeness (QED) is 0.495. The Labute approximate surface area is 193 Å². The molecule has 6 rings (SSSR count). The zero-order chi connectivity index (χ0) is 23.4. The van der Waals surface area contributed by atoms with Gasteiger partial charge < -0.3 is 28.6 Å². The van der Waals surface area contributed by atoms with Crippen LogP contribution in [0.4, 0.5) is 0 Å². The van der Waals surface area contributed by atoms with Crippen molar-refractivity contribution in [3.63, 3.8) is 0 Å². The summed E-state index contributed by atoms with van der Waals surface area (Å²) in [6.07, 6.45) is 0. The predicted molar refractivity (Wildman–Crippen MR) is 121 cm³/mol. The van der Waals surface area contributed by atoms with Gasteiger partial charge in [-0.2, -0.15) is 0 Å². The normalized spacial score (nSPS) is 16.2. The van der Waals surface area contributed by atoms with E-state index in [9.17, 15) is 14.7 Å². The number of aromatic hydroxyl groups is 1. The smallest absolute Gasteiger partial charge is 0.291 e. The molecule has 0 saturated carbocycles. The average Bonchev–Trinajstić information content (AvgIpc) is 3.43.